The van der Waals surface area contributed by atoms with E-state index in [9.17, 15) is 4.79 Å². The number of hydrogen-bond acceptors (Lipinski definition) is 4. The monoisotopic (exact) mass is 293 g/mol. The second-order valence-electron chi connectivity index (χ2n) is 5.18. The van der Waals surface area contributed by atoms with Gasteiger partial charge in [0.05, 0.1) is 19.3 Å². The van der Waals surface area contributed by atoms with Gasteiger partial charge in [-0.25, -0.2) is 4.79 Å². The Morgan fingerprint density at radius 1 is 1.14 bits per heavy atom. The molecule has 1 aromatic carbocycles. The highest BCUT2D eigenvalue weighted by Gasteiger charge is 2.23. The molecule has 1 aliphatic rings. The Hall–Kier alpha value is -1.59. The van der Waals surface area contributed by atoms with Gasteiger partial charge in [-0.3, -0.25) is 0 Å². The van der Waals surface area contributed by atoms with Gasteiger partial charge in [0.15, 0.2) is 0 Å². The van der Waals surface area contributed by atoms with Gasteiger partial charge >= 0.3 is 6.09 Å². The van der Waals surface area contributed by atoms with Crippen molar-refractivity contribution in [2.45, 2.75) is 37.8 Å². The van der Waals surface area contributed by atoms with E-state index in [0.717, 1.165) is 25.7 Å². The number of nitrogens with one attached hydrogen (secondary N) is 1. The summed E-state index contributed by atoms with van der Waals surface area (Å²) in [7, 11) is 1.67. The minimum Gasteiger partial charge on any atom is -0.410 e. The second kappa shape index (κ2) is 8.64. The molecular weight excluding hydrogens is 270 g/mol. The molecule has 5 nitrogen and oxygen atoms in total. The lowest BCUT2D eigenvalue weighted by Gasteiger charge is -2.28. The molecule has 1 saturated carbocycles. The van der Waals surface area contributed by atoms with Crippen molar-refractivity contribution in [3.8, 4) is 5.75 Å². The molecule has 0 aromatic heterocycles. The van der Waals surface area contributed by atoms with Crippen LogP contribution in [0, 0.1) is 0 Å². The highest BCUT2D eigenvalue weighted by Crippen LogP contribution is 2.21. The van der Waals surface area contributed by atoms with Crippen LogP contribution in [0.15, 0.2) is 30.3 Å². The van der Waals surface area contributed by atoms with Crippen LogP contribution in [-0.4, -0.2) is 38.6 Å². The van der Waals surface area contributed by atoms with Crippen molar-refractivity contribution in [2.75, 3.05) is 20.3 Å². The largest absolute Gasteiger partial charge is 0.412 e. The Bertz CT molecular complexity index is 416. The molecule has 0 heterocycles. The maximum atomic E-state index is 11.8. The van der Waals surface area contributed by atoms with Gasteiger partial charge in [0.1, 0.15) is 5.75 Å². The fourth-order valence-electron chi connectivity index (χ4n) is 2.46. The van der Waals surface area contributed by atoms with E-state index in [-0.39, 0.29) is 18.2 Å². The highest BCUT2D eigenvalue weighted by atomic mass is 16.6. The van der Waals surface area contributed by atoms with Crippen LogP contribution in [0.1, 0.15) is 25.7 Å². The molecule has 116 valence electrons. The fraction of sp³-hybridized carbons (Fsp3) is 0.562. The number of carbonyl (C=O) groups excluding carboxylic acids is 1. The zero-order valence-corrected chi connectivity index (χ0v) is 12.4. The van der Waals surface area contributed by atoms with Gasteiger partial charge in [-0.1, -0.05) is 18.2 Å². The lowest BCUT2D eigenvalue weighted by molar-refractivity contribution is -0.00396. The average Bonchev–Trinajstić information content (AvgIpc) is 2.50. The summed E-state index contributed by atoms with van der Waals surface area (Å²) >= 11 is 0. The van der Waals surface area contributed by atoms with E-state index in [4.69, 9.17) is 14.2 Å². The summed E-state index contributed by atoms with van der Waals surface area (Å²) in [5, 5.41) is 2.91. The third-order valence-corrected chi connectivity index (χ3v) is 3.59. The Morgan fingerprint density at radius 2 is 1.86 bits per heavy atom. The Kier molecular flexibility index (Phi) is 6.50. The molecule has 1 aliphatic carbocycles. The first-order valence-electron chi connectivity index (χ1n) is 7.42. The Morgan fingerprint density at radius 3 is 2.52 bits per heavy atom. The van der Waals surface area contributed by atoms with Gasteiger partial charge in [-0.05, 0) is 37.8 Å². The second-order valence-corrected chi connectivity index (χ2v) is 5.18. The van der Waals surface area contributed by atoms with Crippen LogP contribution in [0.3, 0.4) is 0 Å². The fourth-order valence-corrected chi connectivity index (χ4v) is 2.46. The van der Waals surface area contributed by atoms with Crippen LogP contribution < -0.4 is 10.1 Å². The van der Waals surface area contributed by atoms with Crippen molar-refractivity contribution in [2.24, 2.45) is 0 Å². The van der Waals surface area contributed by atoms with E-state index >= 15 is 0 Å². The quantitative estimate of drug-likeness (QED) is 0.819. The molecule has 1 fully saturated rings. The summed E-state index contributed by atoms with van der Waals surface area (Å²) in [6.07, 6.45) is 3.65. The minimum atomic E-state index is -0.384. The molecular formula is C16H23NO4. The Labute approximate surface area is 125 Å². The maximum absolute atomic E-state index is 11.8. The highest BCUT2D eigenvalue weighted by molar-refractivity contribution is 5.70. The van der Waals surface area contributed by atoms with Crippen LogP contribution in [0.25, 0.3) is 0 Å². The first kappa shape index (κ1) is 15.8. The summed E-state index contributed by atoms with van der Waals surface area (Å²) < 4.78 is 15.9. The zero-order chi connectivity index (χ0) is 14.9. The molecule has 5 heteroatoms. The molecule has 1 amide bonds. The van der Waals surface area contributed by atoms with E-state index < -0.39 is 0 Å². The van der Waals surface area contributed by atoms with Crippen LogP contribution in [0.2, 0.25) is 0 Å². The topological polar surface area (TPSA) is 56.8 Å². The smallest absolute Gasteiger partial charge is 0.410 e. The summed E-state index contributed by atoms with van der Waals surface area (Å²) in [6.45, 7) is 1.26. The first-order valence-corrected chi connectivity index (χ1v) is 7.42. The van der Waals surface area contributed by atoms with Gasteiger partial charge in [0, 0.05) is 13.2 Å². The number of para-hydroxylation sites is 1. The Balaban J connectivity index is 1.65. The van der Waals surface area contributed by atoms with E-state index in [1.54, 1.807) is 19.2 Å². The van der Waals surface area contributed by atoms with E-state index in [1.807, 2.05) is 18.2 Å². The van der Waals surface area contributed by atoms with Crippen LogP contribution in [0.4, 0.5) is 4.79 Å². The molecule has 2 rings (SSSR count). The van der Waals surface area contributed by atoms with Crippen molar-refractivity contribution >= 4 is 6.09 Å². The molecule has 0 radical (unpaired) electrons. The SMILES string of the molecule is COCCOC1CCC(NC(=O)Oc2ccccc2)CC1. The molecule has 0 saturated heterocycles. The average molecular weight is 293 g/mol. The van der Waals surface area contributed by atoms with Crippen molar-refractivity contribution in [1.82, 2.24) is 5.32 Å². The predicted octanol–water partition coefficient (Wildman–Crippen LogP) is 2.75. The molecule has 0 spiro atoms. The van der Waals surface area contributed by atoms with Gasteiger partial charge in [0.2, 0.25) is 0 Å². The third kappa shape index (κ3) is 5.73. The standard InChI is InChI=1S/C16H23NO4/c1-19-11-12-20-14-9-7-13(8-10-14)17-16(18)21-15-5-3-2-4-6-15/h2-6,13-14H,7-12H2,1H3,(H,17,18). The predicted molar refractivity (Wildman–Crippen MR) is 79.5 cm³/mol. The molecule has 0 atom stereocenters. The summed E-state index contributed by atoms with van der Waals surface area (Å²) in [6, 6.07) is 9.26. The lowest BCUT2D eigenvalue weighted by Crippen LogP contribution is -2.40. The molecule has 1 N–H and O–H groups in total. The van der Waals surface area contributed by atoms with E-state index in [0.29, 0.717) is 19.0 Å². The van der Waals surface area contributed by atoms with Crippen molar-refractivity contribution in [3.63, 3.8) is 0 Å². The number of ether oxygens (including phenoxy) is 3. The third-order valence-electron chi connectivity index (χ3n) is 3.59. The maximum Gasteiger partial charge on any atom is 0.412 e. The van der Waals surface area contributed by atoms with Crippen LogP contribution >= 0.6 is 0 Å². The van der Waals surface area contributed by atoms with E-state index in [1.165, 1.54) is 0 Å². The van der Waals surface area contributed by atoms with Crippen molar-refractivity contribution in [3.05, 3.63) is 30.3 Å². The van der Waals surface area contributed by atoms with Crippen molar-refractivity contribution < 1.29 is 19.0 Å². The van der Waals surface area contributed by atoms with Gasteiger partial charge in [0.25, 0.3) is 0 Å². The van der Waals surface area contributed by atoms with Crippen molar-refractivity contribution in [1.29, 1.82) is 0 Å². The lowest BCUT2D eigenvalue weighted by atomic mass is 9.93. The van der Waals surface area contributed by atoms with Gasteiger partial charge in [-0.2, -0.15) is 0 Å². The number of hydrogen-bond donors (Lipinski definition) is 1. The number of methoxy groups -OCH3 is 1. The first-order chi connectivity index (χ1) is 10.3. The number of carbonyl (C=O) groups is 1. The van der Waals surface area contributed by atoms with E-state index in [2.05, 4.69) is 5.32 Å². The summed E-state index contributed by atoms with van der Waals surface area (Å²) in [5.41, 5.74) is 0. The summed E-state index contributed by atoms with van der Waals surface area (Å²) in [5.74, 6) is 0.562. The molecule has 1 aromatic rings. The minimum absolute atomic E-state index is 0.170. The molecule has 0 aliphatic heterocycles. The van der Waals surface area contributed by atoms with Gasteiger partial charge in [-0.15, -0.1) is 0 Å². The number of amides is 1. The summed E-state index contributed by atoms with van der Waals surface area (Å²) in [4.78, 5) is 11.8. The number of benzene rings is 1. The van der Waals surface area contributed by atoms with Crippen LogP contribution in [0.5, 0.6) is 5.75 Å². The zero-order valence-electron chi connectivity index (χ0n) is 12.4. The molecule has 0 unspecified atom stereocenters. The molecule has 0 bridgehead atoms. The normalized spacial score (nSPS) is 21.8. The van der Waals surface area contributed by atoms with Crippen LogP contribution in [-0.2, 0) is 9.47 Å². The van der Waals surface area contributed by atoms with Gasteiger partial charge < -0.3 is 19.5 Å². The number of rotatable bonds is 6. The molecule has 21 heavy (non-hydrogen) atoms.